The summed E-state index contributed by atoms with van der Waals surface area (Å²) in [5.74, 6) is -0.543. The highest BCUT2D eigenvalue weighted by atomic mass is 35.5. The van der Waals surface area contributed by atoms with Gasteiger partial charge in [0.1, 0.15) is 4.90 Å². The lowest BCUT2D eigenvalue weighted by Crippen LogP contribution is -2.37. The van der Waals surface area contributed by atoms with E-state index in [-0.39, 0.29) is 21.6 Å². The number of urea groups is 1. The second-order valence-electron chi connectivity index (χ2n) is 6.56. The van der Waals surface area contributed by atoms with Crippen molar-refractivity contribution in [2.75, 3.05) is 18.4 Å². The van der Waals surface area contributed by atoms with E-state index in [1.165, 1.54) is 16.4 Å². The van der Waals surface area contributed by atoms with Crippen molar-refractivity contribution in [2.24, 2.45) is 0 Å². The van der Waals surface area contributed by atoms with Gasteiger partial charge in [-0.1, -0.05) is 23.3 Å². The average molecular weight is 400 g/mol. The second kappa shape index (κ2) is 7.46. The van der Waals surface area contributed by atoms with Gasteiger partial charge in [0.2, 0.25) is 10.0 Å². The number of hydrogen-bond acceptors (Lipinski definition) is 4. The average Bonchev–Trinajstić information content (AvgIpc) is 3.23. The van der Waals surface area contributed by atoms with Crippen molar-refractivity contribution >= 4 is 33.3 Å². The molecule has 0 saturated carbocycles. The van der Waals surface area contributed by atoms with Gasteiger partial charge in [0.15, 0.2) is 5.75 Å². The van der Waals surface area contributed by atoms with Gasteiger partial charge in [0.05, 0.1) is 16.8 Å². The third kappa shape index (κ3) is 3.67. The maximum atomic E-state index is 12.8. The van der Waals surface area contributed by atoms with Gasteiger partial charge in [-0.3, -0.25) is 0 Å². The molecule has 1 aromatic carbocycles. The van der Waals surface area contributed by atoms with Crippen LogP contribution in [0.5, 0.6) is 5.75 Å². The molecule has 2 aliphatic rings. The number of rotatable bonds is 4. The Morgan fingerprint density at radius 3 is 2.62 bits per heavy atom. The smallest absolute Gasteiger partial charge is 0.319 e. The van der Waals surface area contributed by atoms with Crippen LogP contribution in [0.15, 0.2) is 28.7 Å². The summed E-state index contributed by atoms with van der Waals surface area (Å²) in [6.07, 6.45) is 5.32. The molecule has 1 saturated heterocycles. The molecule has 0 bridgehead atoms. The van der Waals surface area contributed by atoms with Crippen molar-refractivity contribution in [3.8, 4) is 5.75 Å². The molecule has 0 aromatic heterocycles. The van der Waals surface area contributed by atoms with Crippen LogP contribution in [0.2, 0.25) is 5.02 Å². The maximum Gasteiger partial charge on any atom is 0.319 e. The predicted molar refractivity (Wildman–Crippen MR) is 100 cm³/mol. The lowest BCUT2D eigenvalue weighted by molar-refractivity contribution is 0.249. The number of halogens is 1. The molecule has 1 atom stereocenters. The van der Waals surface area contributed by atoms with Gasteiger partial charge in [-0.2, -0.15) is 4.31 Å². The summed E-state index contributed by atoms with van der Waals surface area (Å²) >= 11 is 6.06. The van der Waals surface area contributed by atoms with E-state index in [9.17, 15) is 18.3 Å². The molecule has 9 heteroatoms. The van der Waals surface area contributed by atoms with Gasteiger partial charge >= 0.3 is 6.03 Å². The van der Waals surface area contributed by atoms with Crippen LogP contribution >= 0.6 is 11.6 Å². The first-order valence-corrected chi connectivity index (χ1v) is 10.4. The Morgan fingerprint density at radius 2 is 2.00 bits per heavy atom. The van der Waals surface area contributed by atoms with Crippen LogP contribution in [0.25, 0.3) is 0 Å². The molecule has 1 heterocycles. The van der Waals surface area contributed by atoms with Crippen molar-refractivity contribution in [1.29, 1.82) is 0 Å². The van der Waals surface area contributed by atoms with Crippen LogP contribution in [-0.4, -0.2) is 43.0 Å². The van der Waals surface area contributed by atoms with Crippen molar-refractivity contribution in [1.82, 2.24) is 9.62 Å². The number of amides is 2. The van der Waals surface area contributed by atoms with Gasteiger partial charge in [0, 0.05) is 13.1 Å². The van der Waals surface area contributed by atoms with Crippen molar-refractivity contribution < 1.29 is 18.3 Å². The summed E-state index contributed by atoms with van der Waals surface area (Å²) in [5, 5.41) is 15.7. The fourth-order valence-corrected chi connectivity index (χ4v) is 5.41. The Balaban J connectivity index is 1.83. The fraction of sp³-hybridized carbons (Fsp3) is 0.471. The van der Waals surface area contributed by atoms with Crippen LogP contribution in [0.1, 0.15) is 32.6 Å². The van der Waals surface area contributed by atoms with Crippen LogP contribution in [-0.2, 0) is 10.0 Å². The summed E-state index contributed by atoms with van der Waals surface area (Å²) in [5.41, 5.74) is 1.09. The summed E-state index contributed by atoms with van der Waals surface area (Å²) < 4.78 is 26.9. The van der Waals surface area contributed by atoms with Gasteiger partial charge in [-0.05, 0) is 44.7 Å². The number of allylic oxidation sites excluding steroid dienone is 1. The molecule has 3 N–H and O–H groups in total. The fourth-order valence-electron chi connectivity index (χ4n) is 3.30. The van der Waals surface area contributed by atoms with E-state index in [1.54, 1.807) is 0 Å². The zero-order chi connectivity index (χ0) is 18.9. The monoisotopic (exact) mass is 399 g/mol. The van der Waals surface area contributed by atoms with Crippen molar-refractivity contribution in [3.05, 3.63) is 28.8 Å². The Kier molecular flexibility index (Phi) is 5.45. The van der Waals surface area contributed by atoms with E-state index in [4.69, 9.17) is 11.6 Å². The van der Waals surface area contributed by atoms with E-state index in [0.29, 0.717) is 13.1 Å². The van der Waals surface area contributed by atoms with Gasteiger partial charge in [-0.15, -0.1) is 0 Å². The van der Waals surface area contributed by atoms with E-state index in [1.807, 2.05) is 6.92 Å². The van der Waals surface area contributed by atoms with E-state index < -0.39 is 21.8 Å². The minimum absolute atomic E-state index is 0.00398. The molecule has 3 rings (SSSR count). The second-order valence-corrected chi connectivity index (χ2v) is 8.84. The summed E-state index contributed by atoms with van der Waals surface area (Å²) in [6, 6.07) is 2.18. The molecule has 1 aromatic rings. The molecule has 2 amide bonds. The van der Waals surface area contributed by atoms with Gasteiger partial charge in [-0.25, -0.2) is 13.2 Å². The Labute approximate surface area is 158 Å². The number of hydrogen-bond donors (Lipinski definition) is 3. The first kappa shape index (κ1) is 19.0. The van der Waals surface area contributed by atoms with Gasteiger partial charge < -0.3 is 15.7 Å². The van der Waals surface area contributed by atoms with E-state index >= 15 is 0 Å². The molecule has 1 aliphatic heterocycles. The zero-order valence-electron chi connectivity index (χ0n) is 14.5. The van der Waals surface area contributed by atoms with Crippen LogP contribution < -0.4 is 10.6 Å². The number of sulfonamides is 1. The minimum atomic E-state index is -3.92. The number of aromatic hydroxyl groups is 1. The first-order valence-electron chi connectivity index (χ1n) is 8.56. The number of phenols is 1. The molecule has 1 fully saturated rings. The molecule has 0 radical (unpaired) electrons. The van der Waals surface area contributed by atoms with Crippen molar-refractivity contribution in [2.45, 2.75) is 43.5 Å². The third-order valence-corrected chi connectivity index (χ3v) is 7.17. The largest absolute Gasteiger partial charge is 0.504 e. The normalized spacial score (nSPS) is 20.8. The first-order chi connectivity index (χ1) is 12.3. The molecule has 26 heavy (non-hydrogen) atoms. The third-order valence-electron chi connectivity index (χ3n) is 4.77. The summed E-state index contributed by atoms with van der Waals surface area (Å²) in [7, 11) is -3.92. The van der Waals surface area contributed by atoms with Gasteiger partial charge in [0.25, 0.3) is 0 Å². The number of nitrogens with one attached hydrogen (secondary N) is 2. The standard InChI is InChI=1S/C17H22ClN3O4S/c1-11-5-4-6-13(11)19-17(23)20-14-8-7-12(18)16(15(14)22)26(24,25)21-9-2-3-10-21/h5,7-8,13,22H,2-4,6,9-10H2,1H3,(H2,19,20,23). The number of anilines is 1. The SMILES string of the molecule is CC1=CCCC1NC(=O)Nc1ccc(Cl)c(S(=O)(=O)N2CCCC2)c1O. The zero-order valence-corrected chi connectivity index (χ0v) is 16.0. The molecule has 142 valence electrons. The Morgan fingerprint density at radius 1 is 1.31 bits per heavy atom. The predicted octanol–water partition coefficient (Wildman–Crippen LogP) is 3.06. The number of phenolic OH excluding ortho intramolecular Hbond substituents is 1. The minimum Gasteiger partial charge on any atom is -0.504 e. The maximum absolute atomic E-state index is 12.8. The molecular formula is C17H22ClN3O4S. The highest BCUT2D eigenvalue weighted by molar-refractivity contribution is 7.89. The van der Waals surface area contributed by atoms with Crippen LogP contribution in [0, 0.1) is 0 Å². The summed E-state index contributed by atoms with van der Waals surface area (Å²) in [4.78, 5) is 11.8. The molecule has 0 spiro atoms. The molecule has 1 unspecified atom stereocenters. The molecular weight excluding hydrogens is 378 g/mol. The Bertz CT molecular complexity index is 848. The topological polar surface area (TPSA) is 98.7 Å². The highest BCUT2D eigenvalue weighted by Gasteiger charge is 2.33. The Hall–Kier alpha value is -1.77. The van der Waals surface area contributed by atoms with Crippen LogP contribution in [0.3, 0.4) is 0 Å². The number of carbonyl (C=O) groups is 1. The summed E-state index contributed by atoms with van der Waals surface area (Å²) in [6.45, 7) is 2.73. The van der Waals surface area contributed by atoms with E-state index in [0.717, 1.165) is 31.3 Å². The quantitative estimate of drug-likeness (QED) is 0.535. The molecule has 7 nitrogen and oxygen atoms in total. The lowest BCUT2D eigenvalue weighted by atomic mass is 10.2. The molecule has 1 aliphatic carbocycles. The number of benzene rings is 1. The van der Waals surface area contributed by atoms with E-state index in [2.05, 4.69) is 16.7 Å². The highest BCUT2D eigenvalue weighted by Crippen LogP contribution is 2.39. The van der Waals surface area contributed by atoms with Crippen molar-refractivity contribution in [3.63, 3.8) is 0 Å². The number of nitrogens with zero attached hydrogens (tertiary/aromatic N) is 1. The van der Waals surface area contributed by atoms with Crippen LogP contribution in [0.4, 0.5) is 10.5 Å². The lowest BCUT2D eigenvalue weighted by Gasteiger charge is -2.20. The number of carbonyl (C=O) groups excluding carboxylic acids is 1.